The van der Waals surface area contributed by atoms with Crippen LogP contribution in [0, 0.1) is 5.82 Å². The average molecular weight is 427 g/mol. The molecule has 0 fully saturated rings. The molecule has 0 spiro atoms. The van der Waals surface area contributed by atoms with Gasteiger partial charge < -0.3 is 14.7 Å². The Morgan fingerprint density at radius 2 is 1.79 bits per heavy atom. The lowest BCUT2D eigenvalue weighted by molar-refractivity contribution is -0.126. The summed E-state index contributed by atoms with van der Waals surface area (Å²) in [6.07, 6.45) is 0. The van der Waals surface area contributed by atoms with Crippen molar-refractivity contribution >= 4 is 51.0 Å². The molecule has 0 saturated carbocycles. The van der Waals surface area contributed by atoms with E-state index in [1.807, 2.05) is 0 Å². The molecule has 1 unspecified atom stereocenters. The fourth-order valence-electron chi connectivity index (χ4n) is 2.61. The third-order valence-electron chi connectivity index (χ3n) is 4.20. The first kappa shape index (κ1) is 21.3. The number of ether oxygens (including phenoxy) is 1. The summed E-state index contributed by atoms with van der Waals surface area (Å²) in [5.74, 6) is -3.69. The molecule has 142 valence electrons. The van der Waals surface area contributed by atoms with Gasteiger partial charge in [-0.1, -0.05) is 41.9 Å². The van der Waals surface area contributed by atoms with Gasteiger partial charge in [-0.15, -0.1) is 0 Å². The summed E-state index contributed by atoms with van der Waals surface area (Å²) < 4.78 is 46.4. The van der Waals surface area contributed by atoms with Crippen molar-refractivity contribution in [3.05, 3.63) is 82.1 Å². The molecule has 29 heavy (non-hydrogen) atoms. The highest BCUT2D eigenvalue weighted by atomic mass is 35.5. The average Bonchev–Trinajstić information content (AvgIpc) is 2.88. The van der Waals surface area contributed by atoms with E-state index in [1.54, 1.807) is 6.07 Å². The highest BCUT2D eigenvalue weighted by Crippen LogP contribution is 2.40. The van der Waals surface area contributed by atoms with Gasteiger partial charge in [-0.2, -0.15) is 8.42 Å². The first-order chi connectivity index (χ1) is 13.4. The molecule has 2 aromatic carbocycles. The van der Waals surface area contributed by atoms with Crippen LogP contribution in [0.25, 0.3) is 0 Å². The SMILES string of the molecule is [B]C1(c2cc(F)ccc2Cl)OC(N)=C(OS(=O)(=O)C([B])([B])c2ccccc2)C1=O. The zero-order valence-electron chi connectivity index (χ0n) is 14.6. The second kappa shape index (κ2) is 7.14. The monoisotopic (exact) mass is 427 g/mol. The van der Waals surface area contributed by atoms with Crippen molar-refractivity contribution in [2.45, 2.75) is 10.0 Å². The molecule has 1 aliphatic rings. The van der Waals surface area contributed by atoms with Gasteiger partial charge in [0.2, 0.25) is 17.4 Å². The molecular weight excluding hydrogens is 417 g/mol. The van der Waals surface area contributed by atoms with E-state index in [0.717, 1.165) is 18.2 Å². The summed E-state index contributed by atoms with van der Waals surface area (Å²) in [5, 5.41) is -0.115. The molecule has 0 aromatic heterocycles. The molecule has 6 radical (unpaired) electrons. The minimum absolute atomic E-state index is 0.0160. The highest BCUT2D eigenvalue weighted by molar-refractivity contribution is 7.90. The van der Waals surface area contributed by atoms with Gasteiger partial charge in [0.05, 0.1) is 20.2 Å². The Bertz CT molecular complexity index is 1130. The summed E-state index contributed by atoms with van der Waals surface area (Å²) in [6, 6.07) is 10.4. The fourth-order valence-corrected chi connectivity index (χ4v) is 3.80. The summed E-state index contributed by atoms with van der Waals surface area (Å²) in [5.41, 5.74) is 2.90. The highest BCUT2D eigenvalue weighted by Gasteiger charge is 2.51. The molecule has 0 bridgehead atoms. The lowest BCUT2D eigenvalue weighted by Gasteiger charge is -2.27. The largest absolute Gasteiger partial charge is 0.467 e. The summed E-state index contributed by atoms with van der Waals surface area (Å²) in [7, 11) is 12.6. The van der Waals surface area contributed by atoms with Crippen LogP contribution in [0.4, 0.5) is 4.39 Å². The van der Waals surface area contributed by atoms with Crippen LogP contribution >= 0.6 is 11.6 Å². The number of carbonyl (C=O) groups excluding carboxylic acids is 1. The number of hydrogen-bond donors (Lipinski definition) is 1. The number of nitrogens with two attached hydrogens (primary N) is 1. The number of halogens is 2. The van der Waals surface area contributed by atoms with E-state index in [9.17, 15) is 17.6 Å². The van der Waals surface area contributed by atoms with Crippen molar-refractivity contribution in [3.8, 4) is 0 Å². The minimum atomic E-state index is -4.86. The van der Waals surface area contributed by atoms with Crippen molar-refractivity contribution in [1.82, 2.24) is 0 Å². The number of Topliss-reactive ketones (excluding diaryl/α,β-unsaturated/α-hetero) is 1. The summed E-state index contributed by atoms with van der Waals surface area (Å²) in [6.45, 7) is 0. The predicted molar refractivity (Wildman–Crippen MR) is 106 cm³/mol. The van der Waals surface area contributed by atoms with E-state index in [0.29, 0.717) is 0 Å². The Balaban J connectivity index is 1.97. The van der Waals surface area contributed by atoms with E-state index in [4.69, 9.17) is 49.8 Å². The number of benzene rings is 2. The standard InChI is InChI=1S/C17H10B3ClFNO5S/c18-16(11-8-10(22)6-7-12(11)21)14(24)13(15(23)27-16)28-29(25,26)17(19,20)9-4-2-1-3-5-9/h1-8H,23H2. The van der Waals surface area contributed by atoms with E-state index >= 15 is 0 Å². The summed E-state index contributed by atoms with van der Waals surface area (Å²) >= 11 is 5.98. The van der Waals surface area contributed by atoms with E-state index in [1.165, 1.54) is 24.3 Å². The number of ketones is 1. The molecular formula is C17H10B3ClFNO5S. The van der Waals surface area contributed by atoms with Crippen molar-refractivity contribution in [3.63, 3.8) is 0 Å². The third-order valence-corrected chi connectivity index (χ3v) is 5.98. The van der Waals surface area contributed by atoms with Crippen LogP contribution in [0.1, 0.15) is 11.1 Å². The Morgan fingerprint density at radius 1 is 1.17 bits per heavy atom. The molecule has 6 nitrogen and oxygen atoms in total. The molecule has 2 aromatic rings. The van der Waals surface area contributed by atoms with Crippen LogP contribution in [-0.4, -0.2) is 37.7 Å². The zero-order valence-corrected chi connectivity index (χ0v) is 16.2. The Kier molecular flexibility index (Phi) is 5.25. The van der Waals surface area contributed by atoms with Gasteiger partial charge in [0.25, 0.3) is 0 Å². The molecule has 1 heterocycles. The summed E-state index contributed by atoms with van der Waals surface area (Å²) in [4.78, 5) is 12.8. The predicted octanol–water partition coefficient (Wildman–Crippen LogP) is 1.02. The minimum Gasteiger partial charge on any atom is -0.467 e. The van der Waals surface area contributed by atoms with Gasteiger partial charge in [-0.05, 0) is 23.8 Å². The van der Waals surface area contributed by atoms with Crippen LogP contribution < -0.4 is 5.73 Å². The van der Waals surface area contributed by atoms with Crippen molar-refractivity contribution < 1.29 is 26.5 Å². The van der Waals surface area contributed by atoms with Gasteiger partial charge in [-0.25, -0.2) is 4.39 Å². The second-order valence-corrected chi connectivity index (χ2v) is 8.34. The number of carbonyl (C=O) groups is 1. The Morgan fingerprint density at radius 3 is 2.41 bits per heavy atom. The molecule has 0 aliphatic carbocycles. The van der Waals surface area contributed by atoms with Crippen LogP contribution in [0.2, 0.25) is 5.02 Å². The first-order valence-electron chi connectivity index (χ1n) is 7.95. The van der Waals surface area contributed by atoms with Gasteiger partial charge in [-0.3, -0.25) is 4.79 Å². The van der Waals surface area contributed by atoms with Crippen LogP contribution in [-0.2, 0) is 33.9 Å². The van der Waals surface area contributed by atoms with Gasteiger partial charge in [0.1, 0.15) is 13.7 Å². The Labute approximate surface area is 175 Å². The topological polar surface area (TPSA) is 95.7 Å². The van der Waals surface area contributed by atoms with Gasteiger partial charge >= 0.3 is 10.1 Å². The van der Waals surface area contributed by atoms with Crippen LogP contribution in [0.15, 0.2) is 60.2 Å². The van der Waals surface area contributed by atoms with E-state index in [-0.39, 0.29) is 16.1 Å². The number of rotatable bonds is 5. The van der Waals surface area contributed by atoms with E-state index < -0.39 is 43.4 Å². The molecule has 3 rings (SSSR count). The molecule has 1 aliphatic heterocycles. The van der Waals surface area contributed by atoms with Crippen LogP contribution in [0.5, 0.6) is 0 Å². The lowest BCUT2D eigenvalue weighted by atomic mass is 9.65. The van der Waals surface area contributed by atoms with Gasteiger partial charge in [0.15, 0.2) is 5.50 Å². The lowest BCUT2D eigenvalue weighted by Crippen LogP contribution is -2.40. The first-order valence-corrected chi connectivity index (χ1v) is 9.74. The maximum atomic E-state index is 13.6. The smallest absolute Gasteiger partial charge is 0.302 e. The molecule has 2 N–H and O–H groups in total. The van der Waals surface area contributed by atoms with Crippen molar-refractivity contribution in [1.29, 1.82) is 0 Å². The third kappa shape index (κ3) is 3.53. The van der Waals surface area contributed by atoms with E-state index in [2.05, 4.69) is 0 Å². The quantitative estimate of drug-likeness (QED) is 0.566. The molecule has 1 atom stereocenters. The fraction of sp³-hybridized carbons (Fsp3) is 0.118. The van der Waals surface area contributed by atoms with Gasteiger partial charge in [0, 0.05) is 10.6 Å². The molecule has 12 heteroatoms. The molecule has 0 amide bonds. The maximum absolute atomic E-state index is 13.6. The zero-order chi connectivity index (χ0) is 21.6. The normalized spacial score (nSPS) is 19.9. The van der Waals surface area contributed by atoms with Crippen molar-refractivity contribution in [2.24, 2.45) is 5.73 Å². The van der Waals surface area contributed by atoms with Crippen molar-refractivity contribution in [2.75, 3.05) is 0 Å². The Hall–Kier alpha value is -2.39. The van der Waals surface area contributed by atoms with Crippen LogP contribution in [0.3, 0.4) is 0 Å². The number of hydrogen-bond acceptors (Lipinski definition) is 6. The second-order valence-electron chi connectivity index (χ2n) is 6.18. The maximum Gasteiger partial charge on any atom is 0.302 e. The molecule has 0 saturated heterocycles.